The van der Waals surface area contributed by atoms with Crippen molar-refractivity contribution in [3.8, 4) is 11.3 Å². The highest BCUT2D eigenvalue weighted by Gasteiger charge is 2.13. The van der Waals surface area contributed by atoms with Crippen molar-refractivity contribution in [2.75, 3.05) is 5.32 Å². The number of anilines is 1. The number of benzene rings is 1. The van der Waals surface area contributed by atoms with Gasteiger partial charge in [0.1, 0.15) is 6.10 Å². The van der Waals surface area contributed by atoms with Crippen LogP contribution in [-0.4, -0.2) is 27.0 Å². The SMILES string of the molecule is C[C@@H](O)C(=O)Nc1nc(-c2cccc([N+](=O)[O-])c2)cs1. The van der Waals surface area contributed by atoms with Crippen molar-refractivity contribution in [1.29, 1.82) is 0 Å². The van der Waals surface area contributed by atoms with Gasteiger partial charge in [-0.05, 0) is 6.92 Å². The Balaban J connectivity index is 2.22. The van der Waals surface area contributed by atoms with Gasteiger partial charge in [-0.2, -0.15) is 0 Å². The summed E-state index contributed by atoms with van der Waals surface area (Å²) < 4.78 is 0. The molecule has 8 heteroatoms. The van der Waals surface area contributed by atoms with Crippen LogP contribution in [0, 0.1) is 10.1 Å². The third-order valence-electron chi connectivity index (χ3n) is 2.47. The average Bonchev–Trinajstić information content (AvgIpc) is 2.87. The number of non-ortho nitro benzene ring substituents is 1. The highest BCUT2D eigenvalue weighted by Crippen LogP contribution is 2.27. The number of carbonyl (C=O) groups excluding carboxylic acids is 1. The summed E-state index contributed by atoms with van der Waals surface area (Å²) in [7, 11) is 0. The molecule has 0 saturated heterocycles. The van der Waals surface area contributed by atoms with Crippen molar-refractivity contribution in [2.24, 2.45) is 0 Å². The highest BCUT2D eigenvalue weighted by atomic mass is 32.1. The minimum atomic E-state index is -1.12. The molecule has 0 radical (unpaired) electrons. The predicted molar refractivity (Wildman–Crippen MR) is 74.5 cm³/mol. The number of rotatable bonds is 4. The van der Waals surface area contributed by atoms with E-state index in [1.807, 2.05) is 0 Å². The third-order valence-corrected chi connectivity index (χ3v) is 3.22. The van der Waals surface area contributed by atoms with Gasteiger partial charge in [-0.1, -0.05) is 12.1 Å². The molecule has 1 aromatic heterocycles. The molecule has 20 heavy (non-hydrogen) atoms. The van der Waals surface area contributed by atoms with Crippen LogP contribution < -0.4 is 5.32 Å². The van der Waals surface area contributed by atoms with E-state index in [0.717, 1.165) is 0 Å². The van der Waals surface area contributed by atoms with E-state index < -0.39 is 16.9 Å². The molecule has 0 saturated carbocycles. The van der Waals surface area contributed by atoms with Crippen molar-refractivity contribution < 1.29 is 14.8 Å². The molecule has 0 aliphatic heterocycles. The van der Waals surface area contributed by atoms with E-state index in [9.17, 15) is 14.9 Å². The molecule has 0 bridgehead atoms. The van der Waals surface area contributed by atoms with E-state index in [4.69, 9.17) is 5.11 Å². The summed E-state index contributed by atoms with van der Waals surface area (Å²) in [5, 5.41) is 24.3. The molecule has 1 atom stereocenters. The van der Waals surface area contributed by atoms with Crippen LogP contribution in [0.5, 0.6) is 0 Å². The smallest absolute Gasteiger partial charge is 0.270 e. The van der Waals surface area contributed by atoms with Gasteiger partial charge in [-0.15, -0.1) is 11.3 Å². The van der Waals surface area contributed by atoms with Crippen molar-refractivity contribution >= 4 is 28.1 Å². The number of amides is 1. The maximum Gasteiger partial charge on any atom is 0.270 e. The molecule has 1 amide bonds. The third kappa shape index (κ3) is 3.16. The first-order chi connectivity index (χ1) is 9.47. The van der Waals surface area contributed by atoms with Gasteiger partial charge in [0.25, 0.3) is 11.6 Å². The van der Waals surface area contributed by atoms with Crippen LogP contribution in [0.3, 0.4) is 0 Å². The molecule has 1 heterocycles. The zero-order valence-corrected chi connectivity index (χ0v) is 11.3. The Kier molecular flexibility index (Phi) is 4.06. The molecule has 0 aliphatic carbocycles. The van der Waals surface area contributed by atoms with Crippen LogP contribution in [0.15, 0.2) is 29.6 Å². The molecule has 0 spiro atoms. The number of hydrogen-bond donors (Lipinski definition) is 2. The van der Waals surface area contributed by atoms with Gasteiger partial charge >= 0.3 is 0 Å². The Morgan fingerprint density at radius 1 is 1.55 bits per heavy atom. The van der Waals surface area contributed by atoms with Gasteiger partial charge < -0.3 is 5.11 Å². The number of aromatic nitrogens is 1. The molecule has 1 aromatic carbocycles. The number of aliphatic hydroxyl groups is 1. The van der Waals surface area contributed by atoms with Gasteiger partial charge in [0.05, 0.1) is 10.6 Å². The first kappa shape index (κ1) is 14.1. The molecule has 2 N–H and O–H groups in total. The first-order valence-corrected chi connectivity index (χ1v) is 6.54. The number of aliphatic hydroxyl groups excluding tert-OH is 1. The van der Waals surface area contributed by atoms with Crippen LogP contribution in [0.25, 0.3) is 11.3 Å². The predicted octanol–water partition coefficient (Wildman–Crippen LogP) is 2.04. The van der Waals surface area contributed by atoms with E-state index in [-0.39, 0.29) is 5.69 Å². The molecule has 0 aliphatic rings. The standard InChI is InChI=1S/C12H11N3O4S/c1-7(16)11(17)14-12-13-10(6-20-12)8-3-2-4-9(5-8)15(18)19/h2-7,16H,1H3,(H,13,14,17)/t7-/m1/s1. The van der Waals surface area contributed by atoms with Crippen molar-refractivity contribution in [3.05, 3.63) is 39.8 Å². The summed E-state index contributed by atoms with van der Waals surface area (Å²) in [6, 6.07) is 6.07. The van der Waals surface area contributed by atoms with E-state index in [2.05, 4.69) is 10.3 Å². The summed E-state index contributed by atoms with van der Waals surface area (Å²) in [5.74, 6) is -0.551. The minimum absolute atomic E-state index is 0.0231. The fourth-order valence-corrected chi connectivity index (χ4v) is 2.17. The number of nitro benzene ring substituents is 1. The lowest BCUT2D eigenvalue weighted by molar-refractivity contribution is -0.384. The quantitative estimate of drug-likeness (QED) is 0.663. The lowest BCUT2D eigenvalue weighted by Crippen LogP contribution is -2.24. The molecule has 0 unspecified atom stereocenters. The van der Waals surface area contributed by atoms with E-state index >= 15 is 0 Å². The Hall–Kier alpha value is -2.32. The van der Waals surface area contributed by atoms with Crippen molar-refractivity contribution in [2.45, 2.75) is 13.0 Å². The fraction of sp³-hybridized carbons (Fsp3) is 0.167. The van der Waals surface area contributed by atoms with Crippen LogP contribution >= 0.6 is 11.3 Å². The summed E-state index contributed by atoms with van der Waals surface area (Å²) >= 11 is 1.18. The van der Waals surface area contributed by atoms with Crippen LogP contribution in [0.1, 0.15) is 6.92 Å². The summed E-state index contributed by atoms with van der Waals surface area (Å²) in [6.07, 6.45) is -1.12. The van der Waals surface area contributed by atoms with Gasteiger partial charge in [-0.25, -0.2) is 4.98 Å². The molecule has 2 aromatic rings. The Bertz CT molecular complexity index is 654. The topological polar surface area (TPSA) is 105 Å². The fourth-order valence-electron chi connectivity index (χ4n) is 1.45. The van der Waals surface area contributed by atoms with Gasteiger partial charge in [0.2, 0.25) is 0 Å². The van der Waals surface area contributed by atoms with Gasteiger partial charge in [0.15, 0.2) is 5.13 Å². The molecular weight excluding hydrogens is 282 g/mol. The second-order valence-corrected chi connectivity index (χ2v) is 4.87. The zero-order valence-electron chi connectivity index (χ0n) is 10.4. The first-order valence-electron chi connectivity index (χ1n) is 5.66. The lowest BCUT2D eigenvalue weighted by atomic mass is 10.1. The van der Waals surface area contributed by atoms with Crippen molar-refractivity contribution in [3.63, 3.8) is 0 Å². The molecule has 7 nitrogen and oxygen atoms in total. The molecule has 0 fully saturated rings. The number of carbonyl (C=O) groups is 1. The van der Waals surface area contributed by atoms with Crippen LogP contribution in [0.2, 0.25) is 0 Å². The maximum atomic E-state index is 11.3. The number of nitro groups is 1. The minimum Gasteiger partial charge on any atom is -0.384 e. The largest absolute Gasteiger partial charge is 0.384 e. The molecular formula is C12H11N3O4S. The van der Waals surface area contributed by atoms with E-state index in [1.54, 1.807) is 17.5 Å². The summed E-state index contributed by atoms with van der Waals surface area (Å²) in [5.41, 5.74) is 1.10. The zero-order chi connectivity index (χ0) is 14.7. The maximum absolute atomic E-state index is 11.3. The lowest BCUT2D eigenvalue weighted by Gasteiger charge is -2.02. The van der Waals surface area contributed by atoms with Gasteiger partial charge in [-0.3, -0.25) is 20.2 Å². The van der Waals surface area contributed by atoms with Crippen LogP contribution in [0.4, 0.5) is 10.8 Å². The second-order valence-electron chi connectivity index (χ2n) is 4.01. The van der Waals surface area contributed by atoms with E-state index in [0.29, 0.717) is 16.4 Å². The highest BCUT2D eigenvalue weighted by molar-refractivity contribution is 7.14. The Labute approximate surface area is 118 Å². The Morgan fingerprint density at radius 3 is 2.95 bits per heavy atom. The van der Waals surface area contributed by atoms with Crippen molar-refractivity contribution in [1.82, 2.24) is 4.98 Å². The number of nitrogens with zero attached hydrogens (tertiary/aromatic N) is 2. The molecule has 2 rings (SSSR count). The normalized spacial score (nSPS) is 11.9. The number of thiazole rings is 1. The number of nitrogens with one attached hydrogen (secondary N) is 1. The summed E-state index contributed by atoms with van der Waals surface area (Å²) in [4.78, 5) is 25.7. The second kappa shape index (κ2) is 5.76. The molecule has 104 valence electrons. The average molecular weight is 293 g/mol. The van der Waals surface area contributed by atoms with E-state index in [1.165, 1.54) is 30.4 Å². The summed E-state index contributed by atoms with van der Waals surface area (Å²) in [6.45, 7) is 1.35. The van der Waals surface area contributed by atoms with Gasteiger partial charge in [0, 0.05) is 23.1 Å². The monoisotopic (exact) mass is 293 g/mol. The Morgan fingerprint density at radius 2 is 2.30 bits per heavy atom. The number of hydrogen-bond acceptors (Lipinski definition) is 6. The van der Waals surface area contributed by atoms with Crippen LogP contribution in [-0.2, 0) is 4.79 Å².